The van der Waals surface area contributed by atoms with Crippen LogP contribution in [-0.4, -0.2) is 24.9 Å². The highest BCUT2D eigenvalue weighted by molar-refractivity contribution is 5.96. The maximum atomic E-state index is 12.2. The van der Waals surface area contributed by atoms with Gasteiger partial charge in [0, 0.05) is 5.56 Å². The largest absolute Gasteiger partial charge is 0.495 e. The molecule has 0 saturated carbocycles. The third kappa shape index (κ3) is 4.32. The van der Waals surface area contributed by atoms with Crippen molar-refractivity contribution in [2.75, 3.05) is 12.4 Å². The van der Waals surface area contributed by atoms with E-state index < -0.39 is 6.10 Å². The van der Waals surface area contributed by atoms with Crippen molar-refractivity contribution in [1.82, 2.24) is 0 Å². The maximum absolute atomic E-state index is 12.2. The Bertz CT molecular complexity index is 712. The molecule has 120 valence electrons. The van der Waals surface area contributed by atoms with Crippen molar-refractivity contribution in [1.29, 1.82) is 0 Å². The number of hydrogen-bond donors (Lipinski definition) is 1. The number of Topliss-reactive ketones (excluding diaryl/α,β-unsaturated/α-hetero) is 1. The van der Waals surface area contributed by atoms with Gasteiger partial charge < -0.3 is 14.8 Å². The van der Waals surface area contributed by atoms with Gasteiger partial charge in [0.05, 0.1) is 12.8 Å². The Hall–Kier alpha value is -2.82. The number of nitrogens with one attached hydrogen (secondary N) is 1. The fourth-order valence-electron chi connectivity index (χ4n) is 2.03. The Morgan fingerprint density at radius 1 is 1.09 bits per heavy atom. The van der Waals surface area contributed by atoms with Gasteiger partial charge in [-0.05, 0) is 38.1 Å². The summed E-state index contributed by atoms with van der Waals surface area (Å²) in [5.74, 6) is 0.691. The lowest BCUT2D eigenvalue weighted by Crippen LogP contribution is -2.30. The summed E-state index contributed by atoms with van der Waals surface area (Å²) in [6, 6.07) is 13.9. The summed E-state index contributed by atoms with van der Waals surface area (Å²) in [5, 5.41) is 2.76. The summed E-state index contributed by atoms with van der Waals surface area (Å²) < 4.78 is 10.8. The van der Waals surface area contributed by atoms with E-state index in [2.05, 4.69) is 5.32 Å². The molecule has 5 heteroatoms. The molecule has 1 N–H and O–H groups in total. The first-order valence-electron chi connectivity index (χ1n) is 7.23. The Morgan fingerprint density at radius 2 is 1.83 bits per heavy atom. The van der Waals surface area contributed by atoms with Gasteiger partial charge in [-0.25, -0.2) is 0 Å². The first kappa shape index (κ1) is 16.5. The topological polar surface area (TPSA) is 64.6 Å². The third-order valence-electron chi connectivity index (χ3n) is 3.29. The van der Waals surface area contributed by atoms with Gasteiger partial charge in [0.25, 0.3) is 5.91 Å². The molecule has 0 saturated heterocycles. The minimum atomic E-state index is -0.720. The fraction of sp³-hybridized carbons (Fsp3) is 0.222. The average molecular weight is 313 g/mol. The molecule has 0 aliphatic heterocycles. The highest BCUT2D eigenvalue weighted by Crippen LogP contribution is 2.23. The van der Waals surface area contributed by atoms with Crippen LogP contribution in [0.5, 0.6) is 11.5 Å². The molecule has 2 aromatic carbocycles. The van der Waals surface area contributed by atoms with E-state index in [9.17, 15) is 9.59 Å². The zero-order chi connectivity index (χ0) is 16.8. The van der Waals surface area contributed by atoms with E-state index in [-0.39, 0.29) is 11.7 Å². The highest BCUT2D eigenvalue weighted by atomic mass is 16.5. The van der Waals surface area contributed by atoms with E-state index in [4.69, 9.17) is 9.47 Å². The van der Waals surface area contributed by atoms with Crippen molar-refractivity contribution in [3.8, 4) is 11.5 Å². The molecule has 2 rings (SSSR count). The molecule has 1 amide bonds. The summed E-state index contributed by atoms with van der Waals surface area (Å²) in [5.41, 5.74) is 1.12. The molecule has 0 aromatic heterocycles. The fourth-order valence-corrected chi connectivity index (χ4v) is 2.03. The van der Waals surface area contributed by atoms with Crippen molar-refractivity contribution >= 4 is 17.4 Å². The van der Waals surface area contributed by atoms with Crippen LogP contribution in [0.1, 0.15) is 24.2 Å². The van der Waals surface area contributed by atoms with Crippen molar-refractivity contribution in [2.45, 2.75) is 20.0 Å². The van der Waals surface area contributed by atoms with E-state index >= 15 is 0 Å². The lowest BCUT2D eigenvalue weighted by molar-refractivity contribution is -0.122. The standard InChI is InChI=1S/C18H19NO4/c1-12(20)14-7-6-8-15(11-14)23-13(2)18(21)19-16-9-4-5-10-17(16)22-3/h4-11,13H,1-3H3,(H,19,21). The minimum Gasteiger partial charge on any atom is -0.495 e. The Labute approximate surface area is 135 Å². The normalized spacial score (nSPS) is 11.4. The highest BCUT2D eigenvalue weighted by Gasteiger charge is 2.16. The molecule has 0 heterocycles. The number of methoxy groups -OCH3 is 1. The van der Waals surface area contributed by atoms with Crippen molar-refractivity contribution in [3.05, 3.63) is 54.1 Å². The zero-order valence-electron chi connectivity index (χ0n) is 13.3. The lowest BCUT2D eigenvalue weighted by Gasteiger charge is -2.16. The third-order valence-corrected chi connectivity index (χ3v) is 3.29. The van der Waals surface area contributed by atoms with E-state index in [1.165, 1.54) is 14.0 Å². The molecule has 1 unspecified atom stereocenters. The van der Waals surface area contributed by atoms with Crippen LogP contribution in [-0.2, 0) is 4.79 Å². The SMILES string of the molecule is COc1ccccc1NC(=O)C(C)Oc1cccc(C(C)=O)c1. The van der Waals surface area contributed by atoms with Crippen LogP contribution >= 0.6 is 0 Å². The second-order valence-corrected chi connectivity index (χ2v) is 5.03. The van der Waals surface area contributed by atoms with Gasteiger partial charge in [0.2, 0.25) is 0 Å². The van der Waals surface area contributed by atoms with Crippen molar-refractivity contribution in [2.24, 2.45) is 0 Å². The summed E-state index contributed by atoms with van der Waals surface area (Å²) in [7, 11) is 1.54. The van der Waals surface area contributed by atoms with Gasteiger partial charge >= 0.3 is 0 Å². The Kier molecular flexibility index (Phi) is 5.36. The number of amides is 1. The van der Waals surface area contributed by atoms with E-state index in [0.717, 1.165) is 0 Å². The van der Waals surface area contributed by atoms with Gasteiger partial charge in [-0.15, -0.1) is 0 Å². The molecular formula is C18H19NO4. The first-order valence-corrected chi connectivity index (χ1v) is 7.23. The number of rotatable bonds is 6. The van der Waals surface area contributed by atoms with Gasteiger partial charge in [-0.3, -0.25) is 9.59 Å². The van der Waals surface area contributed by atoms with E-state index in [1.54, 1.807) is 49.4 Å². The molecule has 0 aliphatic carbocycles. The number of para-hydroxylation sites is 2. The average Bonchev–Trinajstić information content (AvgIpc) is 2.55. The van der Waals surface area contributed by atoms with Crippen molar-refractivity contribution < 1.29 is 19.1 Å². The minimum absolute atomic E-state index is 0.0541. The van der Waals surface area contributed by atoms with Crippen LogP contribution < -0.4 is 14.8 Å². The lowest BCUT2D eigenvalue weighted by atomic mass is 10.1. The van der Waals surface area contributed by atoms with Crippen LogP contribution in [0.25, 0.3) is 0 Å². The summed E-state index contributed by atoms with van der Waals surface area (Å²) >= 11 is 0. The molecule has 0 aliphatic rings. The molecule has 1 atom stereocenters. The molecule has 0 radical (unpaired) electrons. The van der Waals surface area contributed by atoms with Crippen LogP contribution in [0, 0.1) is 0 Å². The summed E-state index contributed by atoms with van der Waals surface area (Å²) in [6.07, 6.45) is -0.720. The second-order valence-electron chi connectivity index (χ2n) is 5.03. The van der Waals surface area contributed by atoms with Gasteiger partial charge in [0.15, 0.2) is 11.9 Å². The number of benzene rings is 2. The number of hydrogen-bond acceptors (Lipinski definition) is 4. The van der Waals surface area contributed by atoms with Crippen LogP contribution in [0.4, 0.5) is 5.69 Å². The van der Waals surface area contributed by atoms with Crippen LogP contribution in [0.15, 0.2) is 48.5 Å². The maximum Gasteiger partial charge on any atom is 0.265 e. The van der Waals surface area contributed by atoms with Gasteiger partial charge in [-0.1, -0.05) is 24.3 Å². The zero-order valence-corrected chi connectivity index (χ0v) is 13.3. The first-order chi connectivity index (χ1) is 11.0. The summed E-state index contributed by atoms with van der Waals surface area (Å²) in [6.45, 7) is 3.13. The summed E-state index contributed by atoms with van der Waals surface area (Å²) in [4.78, 5) is 23.6. The number of carbonyl (C=O) groups is 2. The molecule has 0 fully saturated rings. The molecule has 5 nitrogen and oxygen atoms in total. The number of ketones is 1. The number of carbonyl (C=O) groups excluding carboxylic acids is 2. The predicted molar refractivity (Wildman–Crippen MR) is 88.2 cm³/mol. The van der Waals surface area contributed by atoms with Gasteiger partial charge in [0.1, 0.15) is 11.5 Å². The Morgan fingerprint density at radius 3 is 2.52 bits per heavy atom. The molecule has 23 heavy (non-hydrogen) atoms. The molecular weight excluding hydrogens is 294 g/mol. The molecule has 0 spiro atoms. The smallest absolute Gasteiger partial charge is 0.265 e. The predicted octanol–water partition coefficient (Wildman–Crippen LogP) is 3.30. The van der Waals surface area contributed by atoms with Crippen molar-refractivity contribution in [3.63, 3.8) is 0 Å². The van der Waals surface area contributed by atoms with Crippen LogP contribution in [0.2, 0.25) is 0 Å². The van der Waals surface area contributed by atoms with Gasteiger partial charge in [-0.2, -0.15) is 0 Å². The monoisotopic (exact) mass is 313 g/mol. The van der Waals surface area contributed by atoms with E-state index in [1.807, 2.05) is 6.07 Å². The Balaban J connectivity index is 2.05. The van der Waals surface area contributed by atoms with Crippen LogP contribution in [0.3, 0.4) is 0 Å². The number of ether oxygens (including phenoxy) is 2. The number of anilines is 1. The second kappa shape index (κ2) is 7.45. The molecule has 0 bridgehead atoms. The molecule has 2 aromatic rings. The quantitative estimate of drug-likeness (QED) is 0.831. The van der Waals surface area contributed by atoms with E-state index in [0.29, 0.717) is 22.7 Å².